The molecule has 0 aromatic carbocycles. The highest BCUT2D eigenvalue weighted by Gasteiger charge is 2.29. The van der Waals surface area contributed by atoms with Crippen molar-refractivity contribution >= 4 is 23.7 Å². The Kier molecular flexibility index (Phi) is 9.49. The molecular formula is C12H22N4O8. The SMILES string of the molecule is C[C@H](N)C(=O)N[C@@H](CO)C(=O)N[C@@H](CO)C(=O)N[C@@H](CO)C(=O)O. The highest BCUT2D eigenvalue weighted by molar-refractivity contribution is 5.94. The molecule has 12 nitrogen and oxygen atoms in total. The highest BCUT2D eigenvalue weighted by Crippen LogP contribution is 1.92. The summed E-state index contributed by atoms with van der Waals surface area (Å²) in [5.41, 5.74) is 5.30. The summed E-state index contributed by atoms with van der Waals surface area (Å²) in [5, 5.41) is 41.9. The Balaban J connectivity index is 4.83. The molecule has 12 heteroatoms. The van der Waals surface area contributed by atoms with Crippen molar-refractivity contribution in [1.29, 1.82) is 0 Å². The maximum atomic E-state index is 11.9. The lowest BCUT2D eigenvalue weighted by atomic mass is 10.2. The fourth-order valence-electron chi connectivity index (χ4n) is 1.42. The lowest BCUT2D eigenvalue weighted by molar-refractivity contribution is -0.143. The Morgan fingerprint density at radius 1 is 0.792 bits per heavy atom. The summed E-state index contributed by atoms with van der Waals surface area (Å²) < 4.78 is 0. The summed E-state index contributed by atoms with van der Waals surface area (Å²) in [6.07, 6.45) is 0. The summed E-state index contributed by atoms with van der Waals surface area (Å²) in [6.45, 7) is -1.21. The van der Waals surface area contributed by atoms with E-state index in [9.17, 15) is 19.2 Å². The number of amides is 3. The van der Waals surface area contributed by atoms with Gasteiger partial charge in [-0.15, -0.1) is 0 Å². The molecule has 138 valence electrons. The van der Waals surface area contributed by atoms with Crippen LogP contribution in [0.2, 0.25) is 0 Å². The Morgan fingerprint density at radius 2 is 1.12 bits per heavy atom. The molecule has 0 rings (SSSR count). The van der Waals surface area contributed by atoms with Gasteiger partial charge in [0, 0.05) is 0 Å². The number of carboxylic acids is 1. The third-order valence-electron chi connectivity index (χ3n) is 2.84. The molecule has 0 aromatic heterocycles. The Hall–Kier alpha value is -2.28. The smallest absolute Gasteiger partial charge is 0.328 e. The van der Waals surface area contributed by atoms with Gasteiger partial charge in [-0.25, -0.2) is 4.79 Å². The van der Waals surface area contributed by atoms with E-state index in [0.717, 1.165) is 0 Å². The molecule has 0 aromatic rings. The standard InChI is InChI=1S/C12H22N4O8/c1-5(13)9(20)14-6(2-17)10(21)15-7(3-18)11(22)16-8(4-19)12(23)24/h5-8,17-19H,2-4,13H2,1H3,(H,14,20)(H,15,21)(H,16,22)(H,23,24)/t5-,6-,7-,8-/m0/s1. The van der Waals surface area contributed by atoms with Crippen LogP contribution >= 0.6 is 0 Å². The zero-order valence-corrected chi connectivity index (χ0v) is 12.9. The van der Waals surface area contributed by atoms with Gasteiger partial charge in [-0.2, -0.15) is 0 Å². The molecule has 24 heavy (non-hydrogen) atoms. The summed E-state index contributed by atoms with van der Waals surface area (Å²) in [6, 6.07) is -5.52. The highest BCUT2D eigenvalue weighted by atomic mass is 16.4. The first-order valence-corrected chi connectivity index (χ1v) is 6.89. The number of rotatable bonds is 10. The van der Waals surface area contributed by atoms with Gasteiger partial charge < -0.3 is 42.1 Å². The summed E-state index contributed by atoms with van der Waals surface area (Å²) in [4.78, 5) is 45.8. The van der Waals surface area contributed by atoms with Crippen molar-refractivity contribution in [3.63, 3.8) is 0 Å². The van der Waals surface area contributed by atoms with Crippen LogP contribution < -0.4 is 21.7 Å². The van der Waals surface area contributed by atoms with Crippen LogP contribution in [0.15, 0.2) is 0 Å². The number of hydrogen-bond acceptors (Lipinski definition) is 8. The Bertz CT molecular complexity index is 470. The van der Waals surface area contributed by atoms with E-state index in [-0.39, 0.29) is 0 Å². The first kappa shape index (κ1) is 21.7. The fourth-order valence-corrected chi connectivity index (χ4v) is 1.42. The van der Waals surface area contributed by atoms with E-state index in [1.54, 1.807) is 0 Å². The van der Waals surface area contributed by atoms with Gasteiger partial charge in [0.2, 0.25) is 17.7 Å². The lowest BCUT2D eigenvalue weighted by Crippen LogP contribution is -2.59. The third kappa shape index (κ3) is 6.87. The minimum absolute atomic E-state index is 0.722. The second-order valence-corrected chi connectivity index (χ2v) is 4.86. The van der Waals surface area contributed by atoms with Gasteiger partial charge in [0.05, 0.1) is 25.9 Å². The van der Waals surface area contributed by atoms with Crippen LogP contribution in [0.1, 0.15) is 6.92 Å². The Morgan fingerprint density at radius 3 is 1.42 bits per heavy atom. The molecule has 0 unspecified atom stereocenters. The number of hydrogen-bond donors (Lipinski definition) is 8. The molecule has 3 amide bonds. The number of carbonyl (C=O) groups excluding carboxylic acids is 3. The van der Waals surface area contributed by atoms with Gasteiger partial charge >= 0.3 is 5.97 Å². The van der Waals surface area contributed by atoms with Crippen molar-refractivity contribution in [3.8, 4) is 0 Å². The molecule has 0 radical (unpaired) electrons. The predicted molar refractivity (Wildman–Crippen MR) is 78.3 cm³/mol. The number of carboxylic acid groups (broad SMARTS) is 1. The van der Waals surface area contributed by atoms with Crippen molar-refractivity contribution in [2.75, 3.05) is 19.8 Å². The maximum absolute atomic E-state index is 11.9. The van der Waals surface area contributed by atoms with Crippen LogP contribution in [0.3, 0.4) is 0 Å². The van der Waals surface area contributed by atoms with Crippen LogP contribution in [0.5, 0.6) is 0 Å². The monoisotopic (exact) mass is 350 g/mol. The predicted octanol–water partition coefficient (Wildman–Crippen LogP) is -5.15. The average molecular weight is 350 g/mol. The van der Waals surface area contributed by atoms with E-state index < -0.39 is 67.7 Å². The van der Waals surface area contributed by atoms with Crippen molar-refractivity contribution in [2.45, 2.75) is 31.1 Å². The number of nitrogens with one attached hydrogen (secondary N) is 3. The van der Waals surface area contributed by atoms with Gasteiger partial charge in [-0.3, -0.25) is 14.4 Å². The van der Waals surface area contributed by atoms with Gasteiger partial charge in [0.15, 0.2) is 0 Å². The molecule has 0 aliphatic rings. The van der Waals surface area contributed by atoms with Crippen molar-refractivity contribution in [2.24, 2.45) is 5.73 Å². The maximum Gasteiger partial charge on any atom is 0.328 e. The zero-order chi connectivity index (χ0) is 18.9. The van der Waals surface area contributed by atoms with Crippen LogP contribution in [-0.4, -0.2) is 88.1 Å². The van der Waals surface area contributed by atoms with E-state index in [2.05, 4.69) is 5.32 Å². The van der Waals surface area contributed by atoms with Gasteiger partial charge in [-0.1, -0.05) is 0 Å². The molecular weight excluding hydrogens is 328 g/mol. The zero-order valence-electron chi connectivity index (χ0n) is 12.9. The molecule has 0 fully saturated rings. The van der Waals surface area contributed by atoms with Gasteiger partial charge in [0.1, 0.15) is 18.1 Å². The van der Waals surface area contributed by atoms with Crippen LogP contribution in [0, 0.1) is 0 Å². The van der Waals surface area contributed by atoms with E-state index in [4.69, 9.17) is 26.2 Å². The molecule has 0 saturated carbocycles. The normalized spacial score (nSPS) is 15.5. The minimum Gasteiger partial charge on any atom is -0.480 e. The number of aliphatic hydroxyl groups is 3. The topological polar surface area (TPSA) is 211 Å². The molecule has 0 aliphatic carbocycles. The number of carbonyl (C=O) groups is 4. The summed E-state index contributed by atoms with van der Waals surface area (Å²) in [5.74, 6) is -4.29. The van der Waals surface area contributed by atoms with Crippen LogP contribution in [0.25, 0.3) is 0 Å². The third-order valence-corrected chi connectivity index (χ3v) is 2.84. The number of aliphatic carboxylic acids is 1. The fraction of sp³-hybridized carbons (Fsp3) is 0.667. The van der Waals surface area contributed by atoms with Crippen molar-refractivity contribution in [3.05, 3.63) is 0 Å². The molecule has 0 saturated heterocycles. The molecule has 4 atom stereocenters. The van der Waals surface area contributed by atoms with Crippen molar-refractivity contribution < 1.29 is 39.6 Å². The van der Waals surface area contributed by atoms with Gasteiger partial charge in [-0.05, 0) is 6.92 Å². The quantitative estimate of drug-likeness (QED) is 0.189. The molecule has 0 aliphatic heterocycles. The van der Waals surface area contributed by atoms with Crippen LogP contribution in [0.4, 0.5) is 0 Å². The molecule has 0 spiro atoms. The first-order valence-electron chi connectivity index (χ1n) is 6.89. The second kappa shape index (κ2) is 10.5. The van der Waals surface area contributed by atoms with E-state index in [1.165, 1.54) is 6.92 Å². The minimum atomic E-state index is -1.62. The second-order valence-electron chi connectivity index (χ2n) is 4.86. The van der Waals surface area contributed by atoms with E-state index in [0.29, 0.717) is 0 Å². The summed E-state index contributed by atoms with van der Waals surface area (Å²) >= 11 is 0. The summed E-state index contributed by atoms with van der Waals surface area (Å²) in [7, 11) is 0. The van der Waals surface area contributed by atoms with Crippen LogP contribution in [-0.2, 0) is 19.2 Å². The molecule has 9 N–H and O–H groups in total. The number of nitrogens with two attached hydrogens (primary N) is 1. The Labute approximate surface area is 137 Å². The van der Waals surface area contributed by atoms with E-state index >= 15 is 0 Å². The molecule has 0 bridgehead atoms. The van der Waals surface area contributed by atoms with Crippen molar-refractivity contribution in [1.82, 2.24) is 16.0 Å². The van der Waals surface area contributed by atoms with Gasteiger partial charge in [0.25, 0.3) is 0 Å². The number of aliphatic hydroxyl groups excluding tert-OH is 3. The average Bonchev–Trinajstić information content (AvgIpc) is 2.53. The largest absolute Gasteiger partial charge is 0.480 e. The van der Waals surface area contributed by atoms with E-state index in [1.807, 2.05) is 10.6 Å². The lowest BCUT2D eigenvalue weighted by Gasteiger charge is -2.22. The first-order chi connectivity index (χ1) is 11.2. The molecule has 0 heterocycles.